The normalized spacial score (nSPS) is 12.7. The Bertz CT molecular complexity index is 893. The molecule has 0 spiro atoms. The Morgan fingerprint density at radius 1 is 0.450 bits per heavy atom. The van der Waals surface area contributed by atoms with E-state index in [1.54, 1.807) is 0 Å². The molecule has 356 valence electrons. The first-order valence-corrected chi connectivity index (χ1v) is 26.9. The highest BCUT2D eigenvalue weighted by Crippen LogP contribution is 2.17. The SMILES string of the molecule is CCCCCCCCCCCCCCCCCCCCC(O)C(CO)NC(=O)CCCCCCC/C=C\CCCCOC(=O)CCCCCCCCCCCCCCCC. The van der Waals surface area contributed by atoms with Gasteiger partial charge in [0.2, 0.25) is 5.91 Å². The van der Waals surface area contributed by atoms with Gasteiger partial charge in [-0.2, -0.15) is 0 Å². The molecule has 2 atom stereocenters. The summed E-state index contributed by atoms with van der Waals surface area (Å²) in [4.78, 5) is 24.5. The Hall–Kier alpha value is -1.40. The van der Waals surface area contributed by atoms with E-state index < -0.39 is 12.1 Å². The van der Waals surface area contributed by atoms with Crippen LogP contribution in [0.5, 0.6) is 0 Å². The quantitative estimate of drug-likeness (QED) is 0.0322. The number of rotatable bonds is 50. The van der Waals surface area contributed by atoms with Gasteiger partial charge in [0, 0.05) is 12.8 Å². The van der Waals surface area contributed by atoms with E-state index in [2.05, 4.69) is 31.3 Å². The molecular formula is C54H105NO5. The van der Waals surface area contributed by atoms with Gasteiger partial charge in [0.25, 0.3) is 0 Å². The smallest absolute Gasteiger partial charge is 0.305 e. The molecule has 0 saturated heterocycles. The van der Waals surface area contributed by atoms with Crippen molar-refractivity contribution in [1.29, 1.82) is 0 Å². The summed E-state index contributed by atoms with van der Waals surface area (Å²) in [7, 11) is 0. The minimum atomic E-state index is -0.681. The Kier molecular flexibility index (Phi) is 49.1. The van der Waals surface area contributed by atoms with Crippen molar-refractivity contribution in [3.8, 4) is 0 Å². The number of carbonyl (C=O) groups excluding carboxylic acids is 2. The molecule has 2 unspecified atom stereocenters. The van der Waals surface area contributed by atoms with Gasteiger partial charge in [0.05, 0.1) is 25.4 Å². The number of allylic oxidation sites excluding steroid dienone is 2. The average Bonchev–Trinajstić information content (AvgIpc) is 3.25. The van der Waals surface area contributed by atoms with Crippen molar-refractivity contribution in [3.63, 3.8) is 0 Å². The van der Waals surface area contributed by atoms with Crippen LogP contribution in [0.1, 0.15) is 296 Å². The van der Waals surface area contributed by atoms with Crippen LogP contribution in [0.15, 0.2) is 12.2 Å². The summed E-state index contributed by atoms with van der Waals surface area (Å²) in [5.74, 6) is -0.0898. The topological polar surface area (TPSA) is 95.9 Å². The fourth-order valence-corrected chi connectivity index (χ4v) is 8.40. The lowest BCUT2D eigenvalue weighted by atomic mass is 10.0. The molecule has 0 aromatic heterocycles. The number of nitrogens with one attached hydrogen (secondary N) is 1. The van der Waals surface area contributed by atoms with Crippen LogP contribution in [-0.4, -0.2) is 47.4 Å². The highest BCUT2D eigenvalue weighted by molar-refractivity contribution is 5.76. The zero-order valence-corrected chi connectivity index (χ0v) is 40.5. The lowest BCUT2D eigenvalue weighted by molar-refractivity contribution is -0.143. The van der Waals surface area contributed by atoms with Crippen LogP contribution in [-0.2, 0) is 14.3 Å². The highest BCUT2D eigenvalue weighted by atomic mass is 16.5. The molecule has 0 bridgehead atoms. The van der Waals surface area contributed by atoms with Crippen LogP contribution in [0.2, 0.25) is 0 Å². The third-order valence-electron chi connectivity index (χ3n) is 12.6. The lowest BCUT2D eigenvalue weighted by Crippen LogP contribution is -2.45. The minimum absolute atomic E-state index is 0.0283. The van der Waals surface area contributed by atoms with Crippen LogP contribution in [0.3, 0.4) is 0 Å². The van der Waals surface area contributed by atoms with Crippen LogP contribution < -0.4 is 5.32 Å². The molecule has 0 aromatic carbocycles. The first-order chi connectivity index (χ1) is 29.5. The summed E-state index contributed by atoms with van der Waals surface area (Å²) < 4.78 is 5.44. The van der Waals surface area contributed by atoms with Crippen molar-refractivity contribution < 1.29 is 24.5 Å². The maximum Gasteiger partial charge on any atom is 0.305 e. The molecule has 0 aliphatic carbocycles. The molecule has 0 aliphatic heterocycles. The Morgan fingerprint density at radius 3 is 1.18 bits per heavy atom. The number of esters is 1. The molecule has 0 heterocycles. The third kappa shape index (κ3) is 46.1. The molecule has 3 N–H and O–H groups in total. The average molecular weight is 848 g/mol. The summed E-state index contributed by atoms with van der Waals surface area (Å²) in [6.07, 6.45) is 57.6. The van der Waals surface area contributed by atoms with Crippen LogP contribution in [0.25, 0.3) is 0 Å². The standard InChI is InChI=1S/C54H105NO5/c1-3-5-7-9-11-13-15-17-19-20-21-22-23-26-30-34-38-42-46-52(57)51(50-56)55-53(58)47-43-39-35-31-27-25-29-33-37-41-45-49-60-54(59)48-44-40-36-32-28-24-18-16-14-12-10-8-6-4-2/h29,33,51-52,56-57H,3-28,30-32,34-50H2,1-2H3,(H,55,58)/b33-29-. The predicted octanol–water partition coefficient (Wildman–Crippen LogP) is 16.1. The summed E-state index contributed by atoms with van der Waals surface area (Å²) in [6, 6.07) is -0.561. The number of aliphatic hydroxyl groups excluding tert-OH is 2. The molecule has 1 amide bonds. The number of hydrogen-bond donors (Lipinski definition) is 3. The molecule has 0 fully saturated rings. The van der Waals surface area contributed by atoms with Gasteiger partial charge in [-0.3, -0.25) is 9.59 Å². The monoisotopic (exact) mass is 848 g/mol. The molecule has 0 saturated carbocycles. The second kappa shape index (κ2) is 50.2. The zero-order chi connectivity index (χ0) is 43.7. The van der Waals surface area contributed by atoms with Gasteiger partial charge in [-0.1, -0.05) is 244 Å². The number of carbonyl (C=O) groups is 2. The van der Waals surface area contributed by atoms with Crippen LogP contribution >= 0.6 is 0 Å². The number of hydrogen-bond acceptors (Lipinski definition) is 5. The Balaban J connectivity index is 3.50. The molecular weight excluding hydrogens is 743 g/mol. The van der Waals surface area contributed by atoms with E-state index in [-0.39, 0.29) is 18.5 Å². The maximum absolute atomic E-state index is 12.5. The van der Waals surface area contributed by atoms with Crippen molar-refractivity contribution in [1.82, 2.24) is 5.32 Å². The van der Waals surface area contributed by atoms with E-state index in [4.69, 9.17) is 4.74 Å². The number of unbranched alkanes of at least 4 members (excludes halogenated alkanes) is 37. The molecule has 0 aromatic rings. The molecule has 0 rings (SSSR count). The van der Waals surface area contributed by atoms with E-state index >= 15 is 0 Å². The number of amides is 1. The second-order valence-electron chi connectivity index (χ2n) is 18.6. The Morgan fingerprint density at radius 2 is 0.783 bits per heavy atom. The first-order valence-electron chi connectivity index (χ1n) is 26.9. The van der Waals surface area contributed by atoms with Crippen molar-refractivity contribution >= 4 is 11.9 Å². The fraction of sp³-hybridized carbons (Fsp3) is 0.926. The maximum atomic E-state index is 12.5. The van der Waals surface area contributed by atoms with E-state index in [1.807, 2.05) is 0 Å². The van der Waals surface area contributed by atoms with E-state index in [1.165, 1.54) is 186 Å². The third-order valence-corrected chi connectivity index (χ3v) is 12.6. The van der Waals surface area contributed by atoms with Gasteiger partial charge in [-0.25, -0.2) is 0 Å². The van der Waals surface area contributed by atoms with Crippen molar-refractivity contribution in [3.05, 3.63) is 12.2 Å². The molecule has 6 nitrogen and oxygen atoms in total. The summed E-state index contributed by atoms with van der Waals surface area (Å²) in [5.41, 5.74) is 0. The first kappa shape index (κ1) is 58.6. The Labute approximate surface area is 374 Å². The highest BCUT2D eigenvalue weighted by Gasteiger charge is 2.20. The second-order valence-corrected chi connectivity index (χ2v) is 18.6. The van der Waals surface area contributed by atoms with Gasteiger partial charge < -0.3 is 20.3 Å². The zero-order valence-electron chi connectivity index (χ0n) is 40.5. The van der Waals surface area contributed by atoms with Crippen molar-refractivity contribution in [2.24, 2.45) is 0 Å². The number of aliphatic hydroxyl groups is 2. The summed E-state index contributed by atoms with van der Waals surface area (Å²) >= 11 is 0. The molecule has 0 aliphatic rings. The van der Waals surface area contributed by atoms with E-state index in [0.717, 1.165) is 77.0 Å². The lowest BCUT2D eigenvalue weighted by Gasteiger charge is -2.22. The minimum Gasteiger partial charge on any atom is -0.466 e. The summed E-state index contributed by atoms with van der Waals surface area (Å²) in [5, 5.41) is 23.3. The van der Waals surface area contributed by atoms with E-state index in [9.17, 15) is 19.8 Å². The van der Waals surface area contributed by atoms with Crippen molar-refractivity contribution in [2.45, 2.75) is 309 Å². The molecule has 0 radical (unpaired) electrons. The van der Waals surface area contributed by atoms with Crippen LogP contribution in [0.4, 0.5) is 0 Å². The van der Waals surface area contributed by atoms with Gasteiger partial charge in [-0.15, -0.1) is 0 Å². The van der Waals surface area contributed by atoms with Crippen molar-refractivity contribution in [2.75, 3.05) is 13.2 Å². The fourth-order valence-electron chi connectivity index (χ4n) is 8.40. The predicted molar refractivity (Wildman–Crippen MR) is 260 cm³/mol. The van der Waals surface area contributed by atoms with Gasteiger partial charge in [0.15, 0.2) is 0 Å². The van der Waals surface area contributed by atoms with Gasteiger partial charge >= 0.3 is 5.97 Å². The van der Waals surface area contributed by atoms with Crippen LogP contribution in [0, 0.1) is 0 Å². The van der Waals surface area contributed by atoms with Gasteiger partial charge in [-0.05, 0) is 51.4 Å². The molecule has 6 heteroatoms. The van der Waals surface area contributed by atoms with E-state index in [0.29, 0.717) is 25.9 Å². The molecule has 60 heavy (non-hydrogen) atoms. The summed E-state index contributed by atoms with van der Waals surface area (Å²) in [6.45, 7) is 4.89. The van der Waals surface area contributed by atoms with Gasteiger partial charge in [0.1, 0.15) is 0 Å². The number of ether oxygens (including phenoxy) is 1. The largest absolute Gasteiger partial charge is 0.466 e.